The van der Waals surface area contributed by atoms with Gasteiger partial charge in [0.1, 0.15) is 11.5 Å². The van der Waals surface area contributed by atoms with Gasteiger partial charge in [-0.3, -0.25) is 4.79 Å². The predicted octanol–water partition coefficient (Wildman–Crippen LogP) is 4.59. The van der Waals surface area contributed by atoms with Crippen molar-refractivity contribution in [2.75, 3.05) is 0 Å². The maximum Gasteiger partial charge on any atom is 0.252 e. The summed E-state index contributed by atoms with van der Waals surface area (Å²) in [5, 5.41) is 2.19. The first-order valence-corrected chi connectivity index (χ1v) is 10.9. The number of rotatable bonds is 7. The monoisotopic (exact) mass is 409 g/mol. The molecule has 0 radical (unpaired) electrons. The second-order valence-electron chi connectivity index (χ2n) is 6.83. The fraction of sp³-hybridized carbons (Fsp3) is 0.174. The third-order valence-electron chi connectivity index (χ3n) is 4.41. The van der Waals surface area contributed by atoms with Crippen molar-refractivity contribution in [3.63, 3.8) is 0 Å². The van der Waals surface area contributed by atoms with Crippen LogP contribution in [0.5, 0.6) is 11.5 Å². The molecule has 29 heavy (non-hydrogen) atoms. The van der Waals surface area contributed by atoms with Gasteiger partial charge in [-0.15, -0.1) is 0 Å². The molecular weight excluding hydrogens is 386 g/mol. The first-order valence-electron chi connectivity index (χ1n) is 9.31. The molecule has 0 aliphatic carbocycles. The first kappa shape index (κ1) is 20.6. The summed E-state index contributed by atoms with van der Waals surface area (Å²) in [4.78, 5) is 12.7. The molecule has 1 N–H and O–H groups in total. The standard InChI is InChI=1S/C23H23NO4S/c1-17(2)29(26,27)22-11-7-6-10-21(22)23(25)24-16-18-12-14-20(15-13-18)28-19-8-4-3-5-9-19/h3-15,17H,16H2,1-2H3,(H,24,25). The van der Waals surface area contributed by atoms with Gasteiger partial charge < -0.3 is 10.1 Å². The number of para-hydroxylation sites is 1. The van der Waals surface area contributed by atoms with E-state index < -0.39 is 21.0 Å². The number of benzene rings is 3. The Morgan fingerprint density at radius 3 is 2.10 bits per heavy atom. The maximum absolute atomic E-state index is 12.6. The van der Waals surface area contributed by atoms with Crippen LogP contribution in [0.2, 0.25) is 0 Å². The van der Waals surface area contributed by atoms with Crippen molar-refractivity contribution < 1.29 is 17.9 Å². The number of amides is 1. The minimum atomic E-state index is -3.55. The largest absolute Gasteiger partial charge is 0.457 e. The molecule has 0 spiro atoms. The summed E-state index contributed by atoms with van der Waals surface area (Å²) >= 11 is 0. The smallest absolute Gasteiger partial charge is 0.252 e. The van der Waals surface area contributed by atoms with Gasteiger partial charge in [0.2, 0.25) is 0 Å². The Balaban J connectivity index is 1.67. The van der Waals surface area contributed by atoms with E-state index in [0.29, 0.717) is 5.75 Å². The van der Waals surface area contributed by atoms with E-state index in [9.17, 15) is 13.2 Å². The summed E-state index contributed by atoms with van der Waals surface area (Å²) in [6, 6.07) is 23.1. The van der Waals surface area contributed by atoms with Crippen LogP contribution >= 0.6 is 0 Å². The van der Waals surface area contributed by atoms with Gasteiger partial charge in [-0.1, -0.05) is 42.5 Å². The van der Waals surface area contributed by atoms with Crippen molar-refractivity contribution in [1.29, 1.82) is 0 Å². The zero-order valence-electron chi connectivity index (χ0n) is 16.3. The van der Waals surface area contributed by atoms with E-state index in [-0.39, 0.29) is 17.0 Å². The van der Waals surface area contributed by atoms with Crippen molar-refractivity contribution in [2.45, 2.75) is 30.5 Å². The van der Waals surface area contributed by atoms with Crippen LogP contribution in [0.15, 0.2) is 83.8 Å². The molecule has 0 aliphatic rings. The zero-order chi connectivity index (χ0) is 20.9. The van der Waals surface area contributed by atoms with Crippen LogP contribution in [-0.4, -0.2) is 19.6 Å². The lowest BCUT2D eigenvalue weighted by Gasteiger charge is -2.13. The molecule has 0 aliphatic heterocycles. The van der Waals surface area contributed by atoms with E-state index in [0.717, 1.165) is 11.3 Å². The summed E-state index contributed by atoms with van der Waals surface area (Å²) in [5.41, 5.74) is 1.04. The van der Waals surface area contributed by atoms with E-state index in [1.807, 2.05) is 54.6 Å². The number of hydrogen-bond donors (Lipinski definition) is 1. The molecular formula is C23H23NO4S. The highest BCUT2D eigenvalue weighted by atomic mass is 32.2. The zero-order valence-corrected chi connectivity index (χ0v) is 17.1. The highest BCUT2D eigenvalue weighted by Gasteiger charge is 2.25. The molecule has 0 heterocycles. The lowest BCUT2D eigenvalue weighted by atomic mass is 10.2. The third-order valence-corrected chi connectivity index (χ3v) is 6.62. The van der Waals surface area contributed by atoms with Gasteiger partial charge in [-0.2, -0.15) is 0 Å². The van der Waals surface area contributed by atoms with E-state index in [2.05, 4.69) is 5.32 Å². The van der Waals surface area contributed by atoms with Crippen LogP contribution in [-0.2, 0) is 16.4 Å². The van der Waals surface area contributed by atoms with Gasteiger partial charge in [0.25, 0.3) is 5.91 Å². The number of hydrogen-bond acceptors (Lipinski definition) is 4. The predicted molar refractivity (Wildman–Crippen MR) is 113 cm³/mol. The molecule has 0 atom stereocenters. The molecule has 1 amide bonds. The highest BCUT2D eigenvalue weighted by Crippen LogP contribution is 2.22. The number of sulfone groups is 1. The molecule has 0 saturated carbocycles. The molecule has 0 bridgehead atoms. The summed E-state index contributed by atoms with van der Waals surface area (Å²) in [6.45, 7) is 3.48. The normalized spacial score (nSPS) is 11.3. The van der Waals surface area contributed by atoms with E-state index in [4.69, 9.17) is 4.74 Å². The van der Waals surface area contributed by atoms with Crippen LogP contribution in [0.25, 0.3) is 0 Å². The van der Waals surface area contributed by atoms with Crippen molar-refractivity contribution in [3.05, 3.63) is 90.0 Å². The lowest BCUT2D eigenvalue weighted by molar-refractivity contribution is 0.0947. The Hall–Kier alpha value is -3.12. The molecule has 150 valence electrons. The van der Waals surface area contributed by atoms with Gasteiger partial charge in [-0.25, -0.2) is 8.42 Å². The Bertz CT molecular complexity index is 1080. The average molecular weight is 410 g/mol. The van der Waals surface area contributed by atoms with Crippen molar-refractivity contribution in [2.24, 2.45) is 0 Å². The SMILES string of the molecule is CC(C)S(=O)(=O)c1ccccc1C(=O)NCc1ccc(Oc2ccccc2)cc1. The molecule has 3 aromatic carbocycles. The second kappa shape index (κ2) is 8.92. The molecule has 0 fully saturated rings. The number of carbonyl (C=O) groups is 1. The fourth-order valence-electron chi connectivity index (χ4n) is 2.73. The van der Waals surface area contributed by atoms with Crippen LogP contribution in [0.3, 0.4) is 0 Å². The minimum Gasteiger partial charge on any atom is -0.457 e. The number of ether oxygens (including phenoxy) is 1. The van der Waals surface area contributed by atoms with Crippen LogP contribution < -0.4 is 10.1 Å². The lowest BCUT2D eigenvalue weighted by Crippen LogP contribution is -2.26. The van der Waals surface area contributed by atoms with Crippen LogP contribution in [0.4, 0.5) is 0 Å². The van der Waals surface area contributed by atoms with Crippen LogP contribution in [0.1, 0.15) is 29.8 Å². The van der Waals surface area contributed by atoms with Crippen LogP contribution in [0, 0.1) is 0 Å². The number of nitrogens with one attached hydrogen (secondary N) is 1. The minimum absolute atomic E-state index is 0.0547. The Morgan fingerprint density at radius 1 is 0.862 bits per heavy atom. The molecule has 3 rings (SSSR count). The average Bonchev–Trinajstić information content (AvgIpc) is 2.73. The van der Waals surface area contributed by atoms with E-state index in [1.54, 1.807) is 26.0 Å². The molecule has 0 aromatic heterocycles. The highest BCUT2D eigenvalue weighted by molar-refractivity contribution is 7.92. The summed E-state index contributed by atoms with van der Waals surface area (Å²) in [7, 11) is -3.55. The second-order valence-corrected chi connectivity index (χ2v) is 9.30. The summed E-state index contributed by atoms with van der Waals surface area (Å²) < 4.78 is 30.8. The van der Waals surface area contributed by atoms with Gasteiger partial charge in [-0.05, 0) is 55.8 Å². The molecule has 6 heteroatoms. The van der Waals surface area contributed by atoms with Crippen molar-refractivity contribution in [3.8, 4) is 11.5 Å². The Kier molecular flexibility index (Phi) is 6.34. The summed E-state index contributed by atoms with van der Waals surface area (Å²) in [6.07, 6.45) is 0. The van der Waals surface area contributed by atoms with Gasteiger partial charge >= 0.3 is 0 Å². The topological polar surface area (TPSA) is 72.5 Å². The van der Waals surface area contributed by atoms with E-state index in [1.165, 1.54) is 12.1 Å². The molecule has 3 aromatic rings. The fourth-order valence-corrected chi connectivity index (χ4v) is 3.98. The molecule has 5 nitrogen and oxygen atoms in total. The third kappa shape index (κ3) is 5.03. The number of carbonyl (C=O) groups excluding carboxylic acids is 1. The van der Waals surface area contributed by atoms with Crippen molar-refractivity contribution >= 4 is 15.7 Å². The maximum atomic E-state index is 12.6. The van der Waals surface area contributed by atoms with Gasteiger partial charge in [0.15, 0.2) is 9.84 Å². The quantitative estimate of drug-likeness (QED) is 0.619. The van der Waals surface area contributed by atoms with Gasteiger partial charge in [0, 0.05) is 6.54 Å². The molecule has 0 saturated heterocycles. The summed E-state index contributed by atoms with van der Waals surface area (Å²) in [5.74, 6) is 1.02. The molecule has 0 unspecified atom stereocenters. The van der Waals surface area contributed by atoms with Gasteiger partial charge in [0.05, 0.1) is 15.7 Å². The Labute approximate surface area is 171 Å². The first-order chi connectivity index (χ1) is 13.9. The van der Waals surface area contributed by atoms with E-state index >= 15 is 0 Å². The Morgan fingerprint density at radius 2 is 1.45 bits per heavy atom. The van der Waals surface area contributed by atoms with Crippen molar-refractivity contribution in [1.82, 2.24) is 5.32 Å².